The summed E-state index contributed by atoms with van der Waals surface area (Å²) in [6.45, 7) is 4.90. The number of methoxy groups -OCH3 is 1. The van der Waals surface area contributed by atoms with Crippen molar-refractivity contribution in [3.05, 3.63) is 59.9 Å². The van der Waals surface area contributed by atoms with Crippen LogP contribution in [-0.4, -0.2) is 49.1 Å². The average molecular weight is 377 g/mol. The number of carbonyl (C=O) groups excluding carboxylic acids is 1. The highest BCUT2D eigenvalue weighted by Gasteiger charge is 2.19. The molecule has 7 heteroatoms. The third kappa shape index (κ3) is 4.60. The minimum Gasteiger partial charge on any atom is -0.495 e. The Morgan fingerprint density at radius 3 is 2.68 bits per heavy atom. The monoisotopic (exact) mass is 377 g/mol. The van der Waals surface area contributed by atoms with E-state index in [1.807, 2.05) is 48.2 Å². The van der Waals surface area contributed by atoms with Gasteiger partial charge in [0.1, 0.15) is 23.2 Å². The summed E-state index contributed by atoms with van der Waals surface area (Å²) in [4.78, 5) is 21.1. The second kappa shape index (κ2) is 8.91. The van der Waals surface area contributed by atoms with Gasteiger partial charge < -0.3 is 19.9 Å². The molecule has 2 heterocycles. The van der Waals surface area contributed by atoms with Gasteiger partial charge in [0.05, 0.1) is 12.8 Å². The lowest BCUT2D eigenvalue weighted by molar-refractivity contribution is -0.112. The molecule has 3 rings (SSSR count). The highest BCUT2D eigenvalue weighted by atomic mass is 16.5. The molecule has 1 aliphatic rings. The van der Waals surface area contributed by atoms with Crippen LogP contribution >= 0.6 is 0 Å². The van der Waals surface area contributed by atoms with E-state index < -0.39 is 5.91 Å². The second-order valence-corrected chi connectivity index (χ2v) is 6.52. The summed E-state index contributed by atoms with van der Waals surface area (Å²) in [5.41, 5.74) is 1.60. The van der Waals surface area contributed by atoms with Gasteiger partial charge in [0.2, 0.25) is 0 Å². The highest BCUT2D eigenvalue weighted by Crippen LogP contribution is 2.25. The largest absolute Gasteiger partial charge is 0.495 e. The lowest BCUT2D eigenvalue weighted by Gasteiger charge is -2.34. The van der Waals surface area contributed by atoms with Gasteiger partial charge in [0, 0.05) is 38.6 Å². The summed E-state index contributed by atoms with van der Waals surface area (Å²) in [6.07, 6.45) is 3.41. The zero-order valence-electron chi connectivity index (χ0n) is 16.1. The number of ether oxygens (including phenoxy) is 1. The first-order valence-electron chi connectivity index (χ1n) is 9.08. The number of carbonyl (C=O) groups is 1. The number of nitrogens with one attached hydrogen (secondary N) is 1. The Labute approximate surface area is 164 Å². The predicted octanol–water partition coefficient (Wildman–Crippen LogP) is 2.57. The maximum atomic E-state index is 12.6. The van der Waals surface area contributed by atoms with Gasteiger partial charge in [-0.05, 0) is 36.8 Å². The molecule has 0 saturated carbocycles. The molecule has 28 heavy (non-hydrogen) atoms. The molecule has 2 aromatic rings. The standard InChI is InChI=1S/C21H23N5O2/c1-16-6-7-19(28-2)18(13-16)24-21(27)17(14-22)15-25-9-11-26(12-10-25)20-5-3-4-8-23-20/h3-8,13,15H,9-12H2,1-2H3,(H,24,27)/b17-15-. The van der Waals surface area contributed by atoms with Crippen LogP contribution in [0.5, 0.6) is 5.75 Å². The van der Waals surface area contributed by atoms with Crippen molar-refractivity contribution in [1.29, 1.82) is 5.26 Å². The van der Waals surface area contributed by atoms with Gasteiger partial charge in [0.25, 0.3) is 5.91 Å². The minimum absolute atomic E-state index is 0.0647. The predicted molar refractivity (Wildman–Crippen MR) is 108 cm³/mol. The quantitative estimate of drug-likeness (QED) is 0.637. The SMILES string of the molecule is COc1ccc(C)cc1NC(=O)/C(C#N)=C\N1CCN(c2ccccn2)CC1. The van der Waals surface area contributed by atoms with Gasteiger partial charge >= 0.3 is 0 Å². The molecule has 1 aliphatic heterocycles. The number of anilines is 2. The Kier molecular flexibility index (Phi) is 6.12. The summed E-state index contributed by atoms with van der Waals surface area (Å²) in [7, 11) is 1.54. The lowest BCUT2D eigenvalue weighted by Crippen LogP contribution is -2.44. The molecule has 1 aromatic carbocycles. The first-order chi connectivity index (χ1) is 13.6. The Morgan fingerprint density at radius 2 is 2.04 bits per heavy atom. The van der Waals surface area contributed by atoms with Crippen LogP contribution in [0.4, 0.5) is 11.5 Å². The Bertz CT molecular complexity index is 897. The molecule has 0 radical (unpaired) electrons. The minimum atomic E-state index is -0.446. The molecule has 1 amide bonds. The van der Waals surface area contributed by atoms with E-state index >= 15 is 0 Å². The zero-order valence-corrected chi connectivity index (χ0v) is 16.1. The van der Waals surface area contributed by atoms with Crippen molar-refractivity contribution in [1.82, 2.24) is 9.88 Å². The van der Waals surface area contributed by atoms with E-state index in [2.05, 4.69) is 15.2 Å². The number of rotatable bonds is 5. The number of hydrogen-bond donors (Lipinski definition) is 1. The number of piperazine rings is 1. The highest BCUT2D eigenvalue weighted by molar-refractivity contribution is 6.07. The lowest BCUT2D eigenvalue weighted by atomic mass is 10.2. The van der Waals surface area contributed by atoms with E-state index in [-0.39, 0.29) is 5.57 Å². The van der Waals surface area contributed by atoms with Crippen LogP contribution in [0.3, 0.4) is 0 Å². The first kappa shape index (κ1) is 19.2. The second-order valence-electron chi connectivity index (χ2n) is 6.52. The van der Waals surface area contributed by atoms with Crippen LogP contribution in [0.1, 0.15) is 5.56 Å². The van der Waals surface area contributed by atoms with Crippen molar-refractivity contribution in [2.75, 3.05) is 43.5 Å². The van der Waals surface area contributed by atoms with Crippen molar-refractivity contribution >= 4 is 17.4 Å². The van der Waals surface area contributed by atoms with E-state index in [4.69, 9.17) is 4.74 Å². The van der Waals surface area contributed by atoms with Crippen LogP contribution < -0.4 is 15.0 Å². The molecule has 7 nitrogen and oxygen atoms in total. The van der Waals surface area contributed by atoms with Crippen LogP contribution in [-0.2, 0) is 4.79 Å². The van der Waals surface area contributed by atoms with Gasteiger partial charge in [0.15, 0.2) is 0 Å². The van der Waals surface area contributed by atoms with Crippen molar-refractivity contribution in [2.24, 2.45) is 0 Å². The van der Waals surface area contributed by atoms with Gasteiger partial charge in [-0.25, -0.2) is 4.98 Å². The number of hydrogen-bond acceptors (Lipinski definition) is 6. The maximum absolute atomic E-state index is 12.6. The van der Waals surface area contributed by atoms with Crippen molar-refractivity contribution < 1.29 is 9.53 Å². The maximum Gasteiger partial charge on any atom is 0.267 e. The molecular formula is C21H23N5O2. The average Bonchev–Trinajstić information content (AvgIpc) is 2.73. The number of aryl methyl sites for hydroxylation is 1. The summed E-state index contributed by atoms with van der Waals surface area (Å²) in [5.74, 6) is 1.05. The topological polar surface area (TPSA) is 81.5 Å². The van der Waals surface area contributed by atoms with Gasteiger partial charge in [-0.15, -0.1) is 0 Å². The molecule has 1 N–H and O–H groups in total. The smallest absolute Gasteiger partial charge is 0.267 e. The van der Waals surface area contributed by atoms with Crippen molar-refractivity contribution in [2.45, 2.75) is 6.92 Å². The van der Waals surface area contributed by atoms with E-state index in [1.165, 1.54) is 0 Å². The fourth-order valence-corrected chi connectivity index (χ4v) is 3.05. The van der Waals surface area contributed by atoms with E-state index in [9.17, 15) is 10.1 Å². The molecule has 0 unspecified atom stereocenters. The first-order valence-corrected chi connectivity index (χ1v) is 9.08. The van der Waals surface area contributed by atoms with Crippen LogP contribution in [0.2, 0.25) is 0 Å². The number of nitrogens with zero attached hydrogens (tertiary/aromatic N) is 4. The molecule has 0 spiro atoms. The summed E-state index contributed by atoms with van der Waals surface area (Å²) < 4.78 is 5.28. The van der Waals surface area contributed by atoms with Crippen molar-refractivity contribution in [3.8, 4) is 11.8 Å². The molecule has 144 valence electrons. The fourth-order valence-electron chi connectivity index (χ4n) is 3.05. The Balaban J connectivity index is 1.65. The number of pyridine rings is 1. The van der Waals surface area contributed by atoms with E-state index in [0.29, 0.717) is 24.5 Å². The number of aromatic nitrogens is 1. The molecule has 0 atom stereocenters. The molecule has 1 fully saturated rings. The molecule has 1 saturated heterocycles. The molecular weight excluding hydrogens is 354 g/mol. The van der Waals surface area contributed by atoms with E-state index in [0.717, 1.165) is 24.5 Å². The van der Waals surface area contributed by atoms with Gasteiger partial charge in [-0.3, -0.25) is 4.79 Å². The molecule has 0 bridgehead atoms. The number of benzene rings is 1. The summed E-state index contributed by atoms with van der Waals surface area (Å²) >= 11 is 0. The van der Waals surface area contributed by atoms with Crippen LogP contribution in [0, 0.1) is 18.3 Å². The Hall–Kier alpha value is -3.53. The summed E-state index contributed by atoms with van der Waals surface area (Å²) in [5, 5.41) is 12.2. The molecule has 0 aliphatic carbocycles. The normalized spacial score (nSPS) is 14.4. The number of amides is 1. The fraction of sp³-hybridized carbons (Fsp3) is 0.286. The third-order valence-electron chi connectivity index (χ3n) is 4.57. The third-order valence-corrected chi connectivity index (χ3v) is 4.57. The van der Waals surface area contributed by atoms with E-state index in [1.54, 1.807) is 25.6 Å². The zero-order chi connectivity index (χ0) is 19.9. The summed E-state index contributed by atoms with van der Waals surface area (Å²) in [6, 6.07) is 13.3. The molecule has 1 aromatic heterocycles. The van der Waals surface area contributed by atoms with Crippen molar-refractivity contribution in [3.63, 3.8) is 0 Å². The Morgan fingerprint density at radius 1 is 1.25 bits per heavy atom. The van der Waals surface area contributed by atoms with Crippen LogP contribution in [0.15, 0.2) is 54.4 Å². The van der Waals surface area contributed by atoms with Gasteiger partial charge in [-0.1, -0.05) is 12.1 Å². The van der Waals surface area contributed by atoms with Gasteiger partial charge in [-0.2, -0.15) is 5.26 Å². The number of nitriles is 1. The van der Waals surface area contributed by atoms with Crippen LogP contribution in [0.25, 0.3) is 0 Å².